The molecule has 1 unspecified atom stereocenters. The minimum Gasteiger partial charge on any atom is -0.480 e. The van der Waals surface area contributed by atoms with Crippen LogP contribution in [0.5, 0.6) is 0 Å². The Morgan fingerprint density at radius 1 is 1.59 bits per heavy atom. The first-order valence-corrected chi connectivity index (χ1v) is 5.45. The minimum atomic E-state index is -1.05. The van der Waals surface area contributed by atoms with Crippen LogP contribution in [0.2, 0.25) is 0 Å². The van der Waals surface area contributed by atoms with Gasteiger partial charge in [0.05, 0.1) is 11.3 Å². The minimum absolute atomic E-state index is 0.432. The zero-order valence-corrected chi connectivity index (χ0v) is 10.2. The van der Waals surface area contributed by atoms with Gasteiger partial charge in [-0.05, 0) is 38.0 Å². The van der Waals surface area contributed by atoms with E-state index in [-0.39, 0.29) is 0 Å². The first-order chi connectivity index (χ1) is 7.92. The molecule has 1 rings (SSSR count). The van der Waals surface area contributed by atoms with Crippen molar-refractivity contribution >= 4 is 11.7 Å². The largest absolute Gasteiger partial charge is 0.480 e. The SMILES string of the molecule is CCC(C)(Nc1ccc(C)cc1C#N)C(=O)O. The number of carbonyl (C=O) groups is 1. The van der Waals surface area contributed by atoms with E-state index < -0.39 is 11.5 Å². The predicted octanol–water partition coefficient (Wildman–Crippen LogP) is 2.53. The van der Waals surface area contributed by atoms with E-state index in [1.807, 2.05) is 13.0 Å². The number of carboxylic acids is 1. The smallest absolute Gasteiger partial charge is 0.329 e. The molecule has 0 aliphatic heterocycles. The van der Waals surface area contributed by atoms with Crippen molar-refractivity contribution in [3.05, 3.63) is 29.3 Å². The Morgan fingerprint density at radius 3 is 2.71 bits per heavy atom. The Morgan fingerprint density at radius 2 is 2.24 bits per heavy atom. The molecule has 0 aliphatic rings. The highest BCUT2D eigenvalue weighted by molar-refractivity contribution is 5.83. The predicted molar refractivity (Wildman–Crippen MR) is 65.8 cm³/mol. The highest BCUT2D eigenvalue weighted by atomic mass is 16.4. The summed E-state index contributed by atoms with van der Waals surface area (Å²) in [5.74, 6) is -0.926. The van der Waals surface area contributed by atoms with E-state index in [1.165, 1.54) is 0 Å². The maximum absolute atomic E-state index is 11.2. The van der Waals surface area contributed by atoms with Crippen molar-refractivity contribution in [1.82, 2.24) is 0 Å². The Bertz CT molecular complexity index is 477. The fourth-order valence-corrected chi connectivity index (χ4v) is 1.45. The maximum atomic E-state index is 11.2. The monoisotopic (exact) mass is 232 g/mol. The molecule has 4 nitrogen and oxygen atoms in total. The summed E-state index contributed by atoms with van der Waals surface area (Å²) in [6, 6.07) is 7.39. The first kappa shape index (κ1) is 13.0. The van der Waals surface area contributed by atoms with Crippen molar-refractivity contribution in [2.45, 2.75) is 32.7 Å². The van der Waals surface area contributed by atoms with E-state index in [0.717, 1.165) is 5.56 Å². The topological polar surface area (TPSA) is 73.1 Å². The van der Waals surface area contributed by atoms with Gasteiger partial charge in [-0.15, -0.1) is 0 Å². The lowest BCUT2D eigenvalue weighted by atomic mass is 9.97. The third-order valence-corrected chi connectivity index (χ3v) is 2.89. The lowest BCUT2D eigenvalue weighted by Gasteiger charge is -2.26. The molecule has 0 saturated heterocycles. The summed E-state index contributed by atoms with van der Waals surface area (Å²) in [5, 5.41) is 21.1. The molecule has 0 fully saturated rings. The molecule has 0 amide bonds. The second-order valence-corrected chi connectivity index (χ2v) is 4.28. The third-order valence-electron chi connectivity index (χ3n) is 2.89. The van der Waals surface area contributed by atoms with Crippen molar-refractivity contribution in [1.29, 1.82) is 5.26 Å². The van der Waals surface area contributed by atoms with Gasteiger partial charge in [-0.1, -0.05) is 13.0 Å². The van der Waals surface area contributed by atoms with E-state index in [2.05, 4.69) is 11.4 Å². The second kappa shape index (κ2) is 4.88. The molecule has 0 saturated carbocycles. The number of carboxylic acid groups (broad SMARTS) is 1. The fourth-order valence-electron chi connectivity index (χ4n) is 1.45. The summed E-state index contributed by atoms with van der Waals surface area (Å²) in [5.41, 5.74) is 0.942. The molecule has 17 heavy (non-hydrogen) atoms. The van der Waals surface area contributed by atoms with Gasteiger partial charge >= 0.3 is 5.97 Å². The molecule has 1 aromatic carbocycles. The van der Waals surface area contributed by atoms with Gasteiger partial charge in [0.25, 0.3) is 0 Å². The zero-order chi connectivity index (χ0) is 13.1. The highest BCUT2D eigenvalue weighted by Gasteiger charge is 2.31. The molecule has 0 spiro atoms. The molecule has 2 N–H and O–H groups in total. The summed E-state index contributed by atoms with van der Waals surface area (Å²) in [4.78, 5) is 11.2. The third kappa shape index (κ3) is 2.76. The van der Waals surface area contributed by atoms with Crippen LogP contribution in [0.1, 0.15) is 31.4 Å². The summed E-state index contributed by atoms with van der Waals surface area (Å²) < 4.78 is 0. The van der Waals surface area contributed by atoms with E-state index in [0.29, 0.717) is 17.7 Å². The number of aryl methyl sites for hydroxylation is 1. The lowest BCUT2D eigenvalue weighted by Crippen LogP contribution is -2.42. The first-order valence-electron chi connectivity index (χ1n) is 5.45. The normalized spacial score (nSPS) is 13.5. The maximum Gasteiger partial charge on any atom is 0.329 e. The van der Waals surface area contributed by atoms with Crippen LogP contribution >= 0.6 is 0 Å². The molecule has 90 valence electrons. The fraction of sp³-hybridized carbons (Fsp3) is 0.385. The quantitative estimate of drug-likeness (QED) is 0.836. The molecule has 0 bridgehead atoms. The average molecular weight is 232 g/mol. The second-order valence-electron chi connectivity index (χ2n) is 4.28. The lowest BCUT2D eigenvalue weighted by molar-refractivity contribution is -0.141. The van der Waals surface area contributed by atoms with Crippen LogP contribution in [-0.2, 0) is 4.79 Å². The number of anilines is 1. The van der Waals surface area contributed by atoms with Crippen LogP contribution in [-0.4, -0.2) is 16.6 Å². The molecular formula is C13H16N2O2. The Hall–Kier alpha value is -2.02. The average Bonchev–Trinajstić information content (AvgIpc) is 2.30. The molecule has 0 heterocycles. The van der Waals surface area contributed by atoms with Crippen LogP contribution in [0.4, 0.5) is 5.69 Å². The van der Waals surface area contributed by atoms with Gasteiger partial charge in [0.15, 0.2) is 0 Å². The standard InChI is InChI=1S/C13H16N2O2/c1-4-13(3,12(16)17)15-11-6-5-9(2)7-10(11)8-14/h5-7,15H,4H2,1-3H3,(H,16,17). The van der Waals surface area contributed by atoms with Crippen LogP contribution in [0, 0.1) is 18.3 Å². The summed E-state index contributed by atoms with van der Waals surface area (Å²) in [6.07, 6.45) is 0.432. The van der Waals surface area contributed by atoms with E-state index >= 15 is 0 Å². The van der Waals surface area contributed by atoms with Crippen molar-refractivity contribution in [3.8, 4) is 6.07 Å². The number of nitriles is 1. The Balaban J connectivity index is 3.11. The van der Waals surface area contributed by atoms with E-state index in [4.69, 9.17) is 10.4 Å². The van der Waals surface area contributed by atoms with Crippen molar-refractivity contribution < 1.29 is 9.90 Å². The van der Waals surface area contributed by atoms with E-state index in [1.54, 1.807) is 26.0 Å². The molecule has 1 aromatic rings. The number of rotatable bonds is 4. The van der Waals surface area contributed by atoms with Gasteiger partial charge in [-0.25, -0.2) is 4.79 Å². The number of hydrogen-bond acceptors (Lipinski definition) is 3. The van der Waals surface area contributed by atoms with Crippen molar-refractivity contribution in [2.24, 2.45) is 0 Å². The summed E-state index contributed by atoms with van der Waals surface area (Å²) >= 11 is 0. The molecule has 0 radical (unpaired) electrons. The molecule has 4 heteroatoms. The van der Waals surface area contributed by atoms with Gasteiger partial charge in [0.1, 0.15) is 11.6 Å². The zero-order valence-electron chi connectivity index (χ0n) is 10.2. The van der Waals surface area contributed by atoms with E-state index in [9.17, 15) is 4.79 Å². The molecule has 1 atom stereocenters. The van der Waals surface area contributed by atoms with Crippen LogP contribution in [0.15, 0.2) is 18.2 Å². The van der Waals surface area contributed by atoms with Gasteiger partial charge in [0.2, 0.25) is 0 Å². The van der Waals surface area contributed by atoms with Crippen LogP contribution in [0.25, 0.3) is 0 Å². The molecule has 0 aromatic heterocycles. The van der Waals surface area contributed by atoms with Crippen molar-refractivity contribution in [3.63, 3.8) is 0 Å². The molecule has 0 aliphatic carbocycles. The van der Waals surface area contributed by atoms with Gasteiger partial charge < -0.3 is 10.4 Å². The molecular weight excluding hydrogens is 216 g/mol. The van der Waals surface area contributed by atoms with Crippen LogP contribution in [0.3, 0.4) is 0 Å². The van der Waals surface area contributed by atoms with Crippen LogP contribution < -0.4 is 5.32 Å². The summed E-state index contributed by atoms with van der Waals surface area (Å²) in [6.45, 7) is 5.29. The highest BCUT2D eigenvalue weighted by Crippen LogP contribution is 2.23. The van der Waals surface area contributed by atoms with Crippen molar-refractivity contribution in [2.75, 3.05) is 5.32 Å². The number of benzene rings is 1. The number of aliphatic carboxylic acids is 1. The Labute approximate surface area is 101 Å². The number of nitrogens with one attached hydrogen (secondary N) is 1. The number of nitrogens with zero attached hydrogens (tertiary/aromatic N) is 1. The Kier molecular flexibility index (Phi) is 3.74. The number of hydrogen-bond donors (Lipinski definition) is 2. The van der Waals surface area contributed by atoms with Gasteiger partial charge in [-0.3, -0.25) is 0 Å². The summed E-state index contributed by atoms with van der Waals surface area (Å²) in [7, 11) is 0. The van der Waals surface area contributed by atoms with Gasteiger partial charge in [-0.2, -0.15) is 5.26 Å². The van der Waals surface area contributed by atoms with Gasteiger partial charge in [0, 0.05) is 0 Å².